The van der Waals surface area contributed by atoms with Crippen molar-refractivity contribution in [3.05, 3.63) is 36.0 Å². The van der Waals surface area contributed by atoms with Crippen LogP contribution in [0.15, 0.2) is 35.5 Å². The van der Waals surface area contributed by atoms with E-state index >= 15 is 0 Å². The zero-order valence-electron chi connectivity index (χ0n) is 6.95. The second-order valence-electron chi connectivity index (χ2n) is 2.76. The lowest BCUT2D eigenvalue weighted by molar-refractivity contribution is 0.563. The summed E-state index contributed by atoms with van der Waals surface area (Å²) in [7, 11) is 0. The second kappa shape index (κ2) is 3.25. The quantitative estimate of drug-likeness (QED) is 0.546. The predicted molar refractivity (Wildman–Crippen MR) is 50.1 cm³/mol. The summed E-state index contributed by atoms with van der Waals surface area (Å²) in [4.78, 5) is 16.6. The maximum atomic E-state index is 9.95. The van der Waals surface area contributed by atoms with E-state index in [0.29, 0.717) is 6.54 Å². The van der Waals surface area contributed by atoms with Crippen LogP contribution in [0.1, 0.15) is 5.56 Å². The summed E-state index contributed by atoms with van der Waals surface area (Å²) in [6, 6.07) is 7.86. The molecule has 64 valence electrons. The number of nitrogens with one attached hydrogen (secondary N) is 1. The minimum Gasteiger partial charge on any atom is -0.361 e. The number of fused-ring (bicyclic) bond motifs is 1. The molecule has 1 aromatic heterocycles. The van der Waals surface area contributed by atoms with E-state index in [1.807, 2.05) is 30.5 Å². The largest absolute Gasteiger partial charge is 0.361 e. The Balaban J connectivity index is 2.54. The van der Waals surface area contributed by atoms with Gasteiger partial charge in [0.2, 0.25) is 6.08 Å². The third kappa shape index (κ3) is 1.37. The Morgan fingerprint density at radius 3 is 3.15 bits per heavy atom. The number of H-pyrrole nitrogens is 1. The molecular formula is C10H8N2O. The Hall–Kier alpha value is -1.86. The van der Waals surface area contributed by atoms with Crippen molar-refractivity contribution in [2.45, 2.75) is 6.54 Å². The fourth-order valence-corrected chi connectivity index (χ4v) is 1.41. The molecule has 2 rings (SSSR count). The summed E-state index contributed by atoms with van der Waals surface area (Å²) < 4.78 is 0. The molecule has 0 radical (unpaired) electrons. The lowest BCUT2D eigenvalue weighted by Crippen LogP contribution is -1.81. The molecule has 1 aromatic carbocycles. The molecule has 13 heavy (non-hydrogen) atoms. The number of hydrogen-bond acceptors (Lipinski definition) is 2. The van der Waals surface area contributed by atoms with E-state index in [2.05, 4.69) is 9.98 Å². The molecular weight excluding hydrogens is 164 g/mol. The van der Waals surface area contributed by atoms with Gasteiger partial charge in [-0.05, 0) is 17.7 Å². The van der Waals surface area contributed by atoms with Gasteiger partial charge in [-0.3, -0.25) is 0 Å². The molecule has 1 N–H and O–H groups in total. The van der Waals surface area contributed by atoms with Gasteiger partial charge in [0.25, 0.3) is 0 Å². The van der Waals surface area contributed by atoms with Gasteiger partial charge in [0.05, 0.1) is 6.54 Å². The second-order valence-corrected chi connectivity index (χ2v) is 2.76. The number of carbonyl (C=O) groups excluding carboxylic acids is 1. The minimum atomic E-state index is 0.401. The van der Waals surface area contributed by atoms with Gasteiger partial charge in [-0.1, -0.05) is 12.1 Å². The van der Waals surface area contributed by atoms with Crippen molar-refractivity contribution in [2.75, 3.05) is 0 Å². The maximum Gasteiger partial charge on any atom is 0.235 e. The van der Waals surface area contributed by atoms with Crippen LogP contribution in [0.3, 0.4) is 0 Å². The van der Waals surface area contributed by atoms with Crippen LogP contribution in [0, 0.1) is 0 Å². The number of benzene rings is 1. The van der Waals surface area contributed by atoms with Crippen molar-refractivity contribution in [3.63, 3.8) is 0 Å². The van der Waals surface area contributed by atoms with Crippen LogP contribution in [0.4, 0.5) is 0 Å². The monoisotopic (exact) mass is 172 g/mol. The van der Waals surface area contributed by atoms with E-state index < -0.39 is 0 Å². The number of hydrogen-bond donors (Lipinski definition) is 1. The molecule has 2 aromatic rings. The molecule has 0 aliphatic heterocycles. The zero-order chi connectivity index (χ0) is 9.10. The molecule has 0 aliphatic rings. The van der Waals surface area contributed by atoms with Gasteiger partial charge >= 0.3 is 0 Å². The lowest BCUT2D eigenvalue weighted by atomic mass is 10.1. The number of isocyanates is 1. The average Bonchev–Trinajstić information content (AvgIpc) is 2.62. The van der Waals surface area contributed by atoms with Crippen LogP contribution in [-0.2, 0) is 11.3 Å². The minimum absolute atomic E-state index is 0.401. The molecule has 0 bridgehead atoms. The van der Waals surface area contributed by atoms with Crippen molar-refractivity contribution in [1.82, 2.24) is 4.98 Å². The van der Waals surface area contributed by atoms with Crippen molar-refractivity contribution >= 4 is 17.0 Å². The summed E-state index contributed by atoms with van der Waals surface area (Å²) in [5, 5.41) is 1.11. The molecule has 1 heterocycles. The van der Waals surface area contributed by atoms with Crippen molar-refractivity contribution in [3.8, 4) is 0 Å². The van der Waals surface area contributed by atoms with Crippen molar-refractivity contribution < 1.29 is 4.79 Å². The molecule has 3 heteroatoms. The van der Waals surface area contributed by atoms with Gasteiger partial charge in [-0.2, -0.15) is 0 Å². The smallest absolute Gasteiger partial charge is 0.235 e. The standard InChI is InChI=1S/C10H8N2O/c13-7-11-6-8-2-1-3-10-9(8)4-5-12-10/h1-5,12H,6H2. The highest BCUT2D eigenvalue weighted by molar-refractivity contribution is 5.82. The first-order valence-corrected chi connectivity index (χ1v) is 4.00. The summed E-state index contributed by atoms with van der Waals surface area (Å²) in [6.07, 6.45) is 3.41. The van der Waals surface area contributed by atoms with E-state index in [4.69, 9.17) is 0 Å². The van der Waals surface area contributed by atoms with Crippen molar-refractivity contribution in [1.29, 1.82) is 0 Å². The van der Waals surface area contributed by atoms with Crippen LogP contribution in [0.2, 0.25) is 0 Å². The third-order valence-electron chi connectivity index (χ3n) is 2.00. The van der Waals surface area contributed by atoms with Gasteiger partial charge in [0.1, 0.15) is 0 Å². The molecule has 0 atom stereocenters. The van der Waals surface area contributed by atoms with Gasteiger partial charge in [-0.15, -0.1) is 0 Å². The molecule has 0 saturated carbocycles. The van der Waals surface area contributed by atoms with Crippen LogP contribution < -0.4 is 0 Å². The summed E-state index contributed by atoms with van der Waals surface area (Å²) in [6.45, 7) is 0.401. The zero-order valence-corrected chi connectivity index (χ0v) is 6.95. The first kappa shape index (κ1) is 7.77. The van der Waals surface area contributed by atoms with E-state index in [-0.39, 0.29) is 0 Å². The third-order valence-corrected chi connectivity index (χ3v) is 2.00. The Morgan fingerprint density at radius 1 is 1.38 bits per heavy atom. The highest BCUT2D eigenvalue weighted by Crippen LogP contribution is 2.17. The van der Waals surface area contributed by atoms with E-state index in [9.17, 15) is 4.79 Å². The lowest BCUT2D eigenvalue weighted by Gasteiger charge is -1.96. The van der Waals surface area contributed by atoms with Crippen LogP contribution >= 0.6 is 0 Å². The normalized spacial score (nSPS) is 9.85. The van der Waals surface area contributed by atoms with Gasteiger partial charge in [0.15, 0.2) is 0 Å². The molecule has 0 fully saturated rings. The van der Waals surface area contributed by atoms with Crippen LogP contribution in [0.25, 0.3) is 10.9 Å². The van der Waals surface area contributed by atoms with Gasteiger partial charge in [-0.25, -0.2) is 9.79 Å². The number of aromatic amines is 1. The number of aliphatic imine (C=N–C) groups is 1. The van der Waals surface area contributed by atoms with Gasteiger partial charge in [0, 0.05) is 17.1 Å². The summed E-state index contributed by atoms with van der Waals surface area (Å²) in [5.74, 6) is 0. The molecule has 0 unspecified atom stereocenters. The molecule has 0 aliphatic carbocycles. The highest BCUT2D eigenvalue weighted by Gasteiger charge is 1.99. The maximum absolute atomic E-state index is 9.95. The number of rotatable bonds is 2. The first-order chi connectivity index (χ1) is 6.42. The van der Waals surface area contributed by atoms with Gasteiger partial charge < -0.3 is 4.98 Å². The first-order valence-electron chi connectivity index (χ1n) is 4.00. The Morgan fingerprint density at radius 2 is 2.31 bits per heavy atom. The summed E-state index contributed by atoms with van der Waals surface area (Å²) >= 11 is 0. The van der Waals surface area contributed by atoms with E-state index in [1.165, 1.54) is 6.08 Å². The Bertz CT molecular complexity index is 466. The Kier molecular flexibility index (Phi) is 1.94. The molecule has 0 saturated heterocycles. The van der Waals surface area contributed by atoms with E-state index in [0.717, 1.165) is 16.5 Å². The van der Waals surface area contributed by atoms with Crippen LogP contribution in [-0.4, -0.2) is 11.1 Å². The SMILES string of the molecule is O=C=NCc1cccc2[nH]ccc12. The number of aromatic nitrogens is 1. The fourth-order valence-electron chi connectivity index (χ4n) is 1.41. The summed E-state index contributed by atoms with van der Waals surface area (Å²) in [5.41, 5.74) is 2.11. The Labute approximate surface area is 75.1 Å². The average molecular weight is 172 g/mol. The van der Waals surface area contributed by atoms with Crippen LogP contribution in [0.5, 0.6) is 0 Å². The number of nitrogens with zero attached hydrogens (tertiary/aromatic N) is 1. The predicted octanol–water partition coefficient (Wildman–Crippen LogP) is 2.00. The fraction of sp³-hybridized carbons (Fsp3) is 0.100. The topological polar surface area (TPSA) is 45.2 Å². The molecule has 0 spiro atoms. The molecule has 3 nitrogen and oxygen atoms in total. The molecule has 0 amide bonds. The highest BCUT2D eigenvalue weighted by atomic mass is 16.1. The van der Waals surface area contributed by atoms with Crippen molar-refractivity contribution in [2.24, 2.45) is 4.99 Å². The van der Waals surface area contributed by atoms with E-state index in [1.54, 1.807) is 0 Å².